The van der Waals surface area contributed by atoms with Crippen LogP contribution in [0, 0.1) is 42.4 Å². The van der Waals surface area contributed by atoms with E-state index in [4.69, 9.17) is 16.3 Å². The minimum atomic E-state index is -0.511. The molecule has 4 aliphatic carbocycles. The van der Waals surface area contributed by atoms with Gasteiger partial charge in [0.15, 0.2) is 0 Å². The molecule has 0 N–H and O–H groups in total. The molecule has 2 bridgehead atoms. The zero-order valence-corrected chi connectivity index (χ0v) is 17.6. The Bertz CT molecular complexity index is 1130. The smallest absolute Gasteiger partial charge is 0.343 e. The number of allylic oxidation sites excluding steroid dienone is 2. The Morgan fingerprint density at radius 2 is 1.58 bits per heavy atom. The number of ether oxygens (including phenoxy) is 1. The summed E-state index contributed by atoms with van der Waals surface area (Å²) in [5, 5.41) is 0.602. The molecule has 2 saturated carbocycles. The lowest BCUT2D eigenvalue weighted by Gasteiger charge is -2.37. The molecule has 0 radical (unpaired) electrons. The Balaban J connectivity index is 1.22. The predicted octanol–water partition coefficient (Wildman–Crippen LogP) is 4.43. The van der Waals surface area contributed by atoms with Gasteiger partial charge in [-0.1, -0.05) is 23.8 Å². The molecule has 156 valence electrons. The average Bonchev–Trinajstić information content (AvgIpc) is 3.54. The van der Waals surface area contributed by atoms with Crippen LogP contribution in [0.1, 0.15) is 22.3 Å². The van der Waals surface area contributed by atoms with Gasteiger partial charge in [0.1, 0.15) is 5.75 Å². The molecule has 1 saturated heterocycles. The number of rotatable bonds is 3. The van der Waals surface area contributed by atoms with Crippen molar-refractivity contribution in [3.05, 3.63) is 70.8 Å². The minimum Gasteiger partial charge on any atom is -0.423 e. The summed E-state index contributed by atoms with van der Waals surface area (Å²) in [6.45, 7) is 1.83. The second-order valence-corrected chi connectivity index (χ2v) is 9.42. The molecule has 5 aliphatic rings. The number of hydrogen-bond acceptors (Lipinski definition) is 4. The molecule has 5 nitrogen and oxygen atoms in total. The van der Waals surface area contributed by atoms with Crippen LogP contribution in [0.25, 0.3) is 0 Å². The summed E-state index contributed by atoms with van der Waals surface area (Å²) in [4.78, 5) is 40.2. The van der Waals surface area contributed by atoms with Crippen molar-refractivity contribution in [1.82, 2.24) is 0 Å². The molecule has 2 amide bonds. The van der Waals surface area contributed by atoms with Gasteiger partial charge in [-0.15, -0.1) is 0 Å². The van der Waals surface area contributed by atoms with Gasteiger partial charge in [-0.3, -0.25) is 14.5 Å². The molecule has 6 atom stereocenters. The zero-order valence-electron chi connectivity index (χ0n) is 16.8. The molecule has 1 heterocycles. The van der Waals surface area contributed by atoms with E-state index in [1.54, 1.807) is 42.5 Å². The molecule has 6 unspecified atom stereocenters. The highest BCUT2D eigenvalue weighted by Crippen LogP contribution is 2.65. The number of anilines is 1. The van der Waals surface area contributed by atoms with Gasteiger partial charge in [0, 0.05) is 5.02 Å². The maximum atomic E-state index is 13.2. The predicted molar refractivity (Wildman–Crippen MR) is 115 cm³/mol. The van der Waals surface area contributed by atoms with Gasteiger partial charge in [-0.2, -0.15) is 0 Å². The third-order valence-corrected chi connectivity index (χ3v) is 7.79. The van der Waals surface area contributed by atoms with Crippen LogP contribution in [0.4, 0.5) is 5.69 Å². The van der Waals surface area contributed by atoms with Gasteiger partial charge in [-0.05, 0) is 85.0 Å². The van der Waals surface area contributed by atoms with Crippen molar-refractivity contribution < 1.29 is 19.1 Å². The molecular weight excluding hydrogens is 414 g/mol. The fourth-order valence-corrected chi connectivity index (χ4v) is 5.92. The van der Waals surface area contributed by atoms with Crippen molar-refractivity contribution >= 4 is 35.1 Å². The van der Waals surface area contributed by atoms with Crippen molar-refractivity contribution in [2.45, 2.75) is 13.3 Å². The lowest BCUT2D eigenvalue weighted by Crippen LogP contribution is -2.40. The first-order valence-electron chi connectivity index (χ1n) is 10.6. The second kappa shape index (κ2) is 6.54. The van der Waals surface area contributed by atoms with Crippen LogP contribution >= 0.6 is 11.6 Å². The standard InChI is InChI=1S/C25H20ClNO4/c1-12-10-15(6-9-20(12)26)31-25(30)13-2-4-14(5-3-13)27-23(28)21-16-7-8-17(19-11-18(16)19)22(21)24(27)29/h2-10,16-19,21-22H,11H2,1H3. The number of imide groups is 1. The summed E-state index contributed by atoms with van der Waals surface area (Å²) in [5.41, 5.74) is 1.67. The number of esters is 1. The summed E-state index contributed by atoms with van der Waals surface area (Å²) >= 11 is 6.01. The van der Waals surface area contributed by atoms with E-state index in [1.165, 1.54) is 4.90 Å². The largest absolute Gasteiger partial charge is 0.423 e. The van der Waals surface area contributed by atoms with E-state index >= 15 is 0 Å². The van der Waals surface area contributed by atoms with Crippen molar-refractivity contribution in [2.75, 3.05) is 4.90 Å². The number of hydrogen-bond donors (Lipinski definition) is 0. The lowest BCUT2D eigenvalue weighted by molar-refractivity contribution is -0.124. The molecule has 7 rings (SSSR count). The van der Waals surface area contributed by atoms with Crippen LogP contribution < -0.4 is 9.64 Å². The first kappa shape index (κ1) is 18.8. The molecule has 1 aliphatic heterocycles. The Morgan fingerprint density at radius 3 is 2.16 bits per heavy atom. The number of benzene rings is 2. The monoisotopic (exact) mass is 433 g/mol. The molecule has 3 fully saturated rings. The van der Waals surface area contributed by atoms with Crippen LogP contribution in [-0.4, -0.2) is 17.8 Å². The zero-order chi connectivity index (χ0) is 21.4. The highest BCUT2D eigenvalue weighted by molar-refractivity contribution is 6.31. The summed E-state index contributed by atoms with van der Waals surface area (Å²) in [6, 6.07) is 11.5. The van der Waals surface area contributed by atoms with E-state index in [-0.39, 0.29) is 35.5 Å². The number of nitrogens with zero attached hydrogens (tertiary/aromatic N) is 1. The van der Waals surface area contributed by atoms with Crippen molar-refractivity contribution in [1.29, 1.82) is 0 Å². The summed E-state index contributed by atoms with van der Waals surface area (Å²) < 4.78 is 5.42. The average molecular weight is 434 g/mol. The maximum absolute atomic E-state index is 13.2. The van der Waals surface area contributed by atoms with Gasteiger partial charge in [0.25, 0.3) is 0 Å². The molecule has 2 aromatic carbocycles. The molecular formula is C25H20ClNO4. The van der Waals surface area contributed by atoms with Crippen molar-refractivity contribution in [3.63, 3.8) is 0 Å². The number of aryl methyl sites for hydroxylation is 1. The third kappa shape index (κ3) is 2.72. The molecule has 31 heavy (non-hydrogen) atoms. The molecule has 0 aromatic heterocycles. The highest BCUT2D eigenvalue weighted by Gasteiger charge is 2.67. The van der Waals surface area contributed by atoms with Crippen molar-refractivity contribution in [2.24, 2.45) is 35.5 Å². The maximum Gasteiger partial charge on any atom is 0.343 e. The van der Waals surface area contributed by atoms with E-state index in [1.807, 2.05) is 6.92 Å². The number of carbonyl (C=O) groups is 3. The highest BCUT2D eigenvalue weighted by atomic mass is 35.5. The van der Waals surface area contributed by atoms with E-state index in [0.717, 1.165) is 12.0 Å². The van der Waals surface area contributed by atoms with Gasteiger partial charge in [-0.25, -0.2) is 4.79 Å². The topological polar surface area (TPSA) is 63.7 Å². The van der Waals surface area contributed by atoms with Gasteiger partial charge in [0.2, 0.25) is 11.8 Å². The molecule has 2 aromatic rings. The first-order chi connectivity index (χ1) is 14.9. The van der Waals surface area contributed by atoms with Crippen LogP contribution in [0.2, 0.25) is 5.02 Å². The Labute approximate surface area is 184 Å². The second-order valence-electron chi connectivity index (χ2n) is 9.01. The van der Waals surface area contributed by atoms with E-state index < -0.39 is 5.97 Å². The minimum absolute atomic E-state index is 0.105. The fraction of sp³-hybridized carbons (Fsp3) is 0.320. The molecule has 6 heteroatoms. The van der Waals surface area contributed by atoms with Crippen LogP contribution in [-0.2, 0) is 9.59 Å². The fourth-order valence-electron chi connectivity index (χ4n) is 5.80. The summed E-state index contributed by atoms with van der Waals surface area (Å²) in [6.07, 6.45) is 5.46. The van der Waals surface area contributed by atoms with Gasteiger partial charge in [0.05, 0.1) is 23.1 Å². The van der Waals surface area contributed by atoms with Crippen LogP contribution in [0.15, 0.2) is 54.6 Å². The third-order valence-electron chi connectivity index (χ3n) is 7.36. The van der Waals surface area contributed by atoms with Crippen molar-refractivity contribution in [3.8, 4) is 5.75 Å². The van der Waals surface area contributed by atoms with E-state index in [9.17, 15) is 14.4 Å². The summed E-state index contributed by atoms with van der Waals surface area (Å²) in [7, 11) is 0. The first-order valence-corrected chi connectivity index (χ1v) is 11.0. The Morgan fingerprint density at radius 1 is 0.968 bits per heavy atom. The lowest BCUT2D eigenvalue weighted by atomic mass is 9.63. The SMILES string of the molecule is Cc1cc(OC(=O)c2ccc(N3C(=O)C4C5C=CC(C6CC56)C4C3=O)cc2)ccc1Cl. The number of carbonyl (C=O) groups excluding carboxylic acids is 3. The number of halogens is 1. The molecule has 0 spiro atoms. The normalized spacial score (nSPS) is 32.1. The summed E-state index contributed by atoms with van der Waals surface area (Å²) in [5.74, 6) is 0.751. The van der Waals surface area contributed by atoms with Crippen LogP contribution in [0.5, 0.6) is 5.75 Å². The Kier molecular flexibility index (Phi) is 3.97. The van der Waals surface area contributed by atoms with Gasteiger partial charge >= 0.3 is 5.97 Å². The van der Waals surface area contributed by atoms with Gasteiger partial charge < -0.3 is 4.74 Å². The Hall–Kier alpha value is -2.92. The number of amides is 2. The van der Waals surface area contributed by atoms with Crippen LogP contribution in [0.3, 0.4) is 0 Å². The quantitative estimate of drug-likeness (QED) is 0.311. The van der Waals surface area contributed by atoms with E-state index in [0.29, 0.717) is 33.9 Å². The van der Waals surface area contributed by atoms with E-state index in [2.05, 4.69) is 12.2 Å².